The molecule has 0 spiro atoms. The van der Waals surface area contributed by atoms with Crippen molar-refractivity contribution in [2.45, 2.75) is 24.7 Å². The zero-order chi connectivity index (χ0) is 63.2. The highest BCUT2D eigenvalue weighted by Crippen LogP contribution is 2.42. The first kappa shape index (κ1) is 55.4. The van der Waals surface area contributed by atoms with E-state index in [0.717, 1.165) is 144 Å². The van der Waals surface area contributed by atoms with E-state index in [2.05, 4.69) is 337 Å². The van der Waals surface area contributed by atoms with Crippen molar-refractivity contribution in [3.05, 3.63) is 349 Å². The van der Waals surface area contributed by atoms with E-state index in [1.165, 1.54) is 32.7 Å². The number of hydrogen-bond acceptors (Lipinski definition) is 8. The number of nitrogens with one attached hydrogen (secondary N) is 4. The molecule has 4 atom stereocenters. The highest BCUT2D eigenvalue weighted by molar-refractivity contribution is 6.21. The SMILES string of the molecule is c1ccc(-c2ccc(-c3cccc4c3oc3cccc(C5=NC(c6ccc7cc(-c8ccc9ccc(C%10NC(c%11cccc%12oc%13cc(-c%14ccc%15ccccc%15c%14)ccc%13c%11%12)=NC(c%11ccc%12ccccc%12c%11)N%10)cc9c8)ccc7c6)NC(c6ccccc6)N5)c34)cc2)cc1. The van der Waals surface area contributed by atoms with Gasteiger partial charge in [-0.3, -0.25) is 10.6 Å². The molecule has 2 aromatic heterocycles. The molecule has 4 heterocycles. The van der Waals surface area contributed by atoms with Crippen molar-refractivity contribution in [2.24, 2.45) is 9.98 Å². The molecule has 2 aliphatic heterocycles. The van der Waals surface area contributed by atoms with Gasteiger partial charge < -0.3 is 19.5 Å². The highest BCUT2D eigenvalue weighted by Gasteiger charge is 2.30. The lowest BCUT2D eigenvalue weighted by molar-refractivity contribution is 0.409. The second kappa shape index (κ2) is 22.8. The van der Waals surface area contributed by atoms with Crippen molar-refractivity contribution in [1.29, 1.82) is 0 Å². The highest BCUT2D eigenvalue weighted by atomic mass is 16.3. The molecule has 96 heavy (non-hydrogen) atoms. The number of benzene rings is 15. The molecule has 17 aromatic rings. The monoisotopic (exact) mass is 1230 g/mol. The minimum atomic E-state index is -0.356. The van der Waals surface area contributed by atoms with Gasteiger partial charge in [-0.1, -0.05) is 255 Å². The molecule has 4 N–H and O–H groups in total. The van der Waals surface area contributed by atoms with Gasteiger partial charge in [-0.25, -0.2) is 9.98 Å². The Hall–Kier alpha value is -12.2. The van der Waals surface area contributed by atoms with Crippen LogP contribution in [0, 0.1) is 0 Å². The standard InChI is InChI=1S/C88H60N6O2/c1-3-14-53(15-4-1)56-28-34-58(35-29-56)72-22-11-23-74-81-76(25-13-27-78(81)96-82(72)74)88-91-83(59-18-5-2-6-19-59)89-84(92-88)69-43-40-63-47-62(38-39-65(63)49-69)66-37-31-57-33-42-70(51-71(57)50-66)86-90-85(68-41-32-55-17-8-10-21-61(55)48-68)93-87(94-86)75-24-12-26-77-80(75)73-45-44-67(52-79(73)95-77)64-36-30-54-16-7-9-20-60(54)46-64/h1-52,83-86,89-90H,(H,91,92)(H,93,94). The lowest BCUT2D eigenvalue weighted by Crippen LogP contribution is -2.45. The van der Waals surface area contributed by atoms with Crippen LogP contribution < -0.4 is 21.3 Å². The predicted molar refractivity (Wildman–Crippen MR) is 395 cm³/mol. The quantitative estimate of drug-likeness (QED) is 0.109. The average molecular weight is 1230 g/mol. The minimum absolute atomic E-state index is 0.219. The largest absolute Gasteiger partial charge is 0.456 e. The molecule has 19 rings (SSSR count). The topological polar surface area (TPSA) is 99.1 Å². The maximum absolute atomic E-state index is 6.82. The summed E-state index contributed by atoms with van der Waals surface area (Å²) in [5, 5.41) is 29.1. The maximum Gasteiger partial charge on any atom is 0.143 e. The molecule has 0 bridgehead atoms. The second-order valence-electron chi connectivity index (χ2n) is 25.4. The lowest BCUT2D eigenvalue weighted by Gasteiger charge is -2.32. The van der Waals surface area contributed by atoms with Gasteiger partial charge in [-0.15, -0.1) is 0 Å². The van der Waals surface area contributed by atoms with Crippen molar-refractivity contribution < 1.29 is 8.83 Å². The Bertz CT molecular complexity index is 6010. The van der Waals surface area contributed by atoms with Gasteiger partial charge in [-0.2, -0.15) is 0 Å². The van der Waals surface area contributed by atoms with Crippen LogP contribution in [-0.2, 0) is 0 Å². The summed E-state index contributed by atoms with van der Waals surface area (Å²) in [6, 6.07) is 113. The first-order chi connectivity index (χ1) is 47.5. The summed E-state index contributed by atoms with van der Waals surface area (Å²) in [6.07, 6.45) is -1.21. The Labute approximate surface area is 553 Å². The van der Waals surface area contributed by atoms with Crippen LogP contribution in [0.2, 0.25) is 0 Å². The molecule has 0 saturated carbocycles. The van der Waals surface area contributed by atoms with Gasteiger partial charge >= 0.3 is 0 Å². The van der Waals surface area contributed by atoms with Crippen LogP contribution in [-0.4, -0.2) is 11.7 Å². The van der Waals surface area contributed by atoms with Gasteiger partial charge in [-0.05, 0) is 165 Å². The Balaban J connectivity index is 0.638. The Kier molecular flexibility index (Phi) is 13.2. The summed E-state index contributed by atoms with van der Waals surface area (Å²) in [5.41, 5.74) is 18.7. The smallest absolute Gasteiger partial charge is 0.143 e. The molecule has 0 amide bonds. The van der Waals surface area contributed by atoms with Gasteiger partial charge in [0.1, 0.15) is 58.7 Å². The molecule has 4 unspecified atom stereocenters. The van der Waals surface area contributed by atoms with Crippen molar-refractivity contribution in [2.75, 3.05) is 0 Å². The minimum Gasteiger partial charge on any atom is -0.456 e. The number of para-hydroxylation sites is 1. The molecule has 454 valence electrons. The summed E-state index contributed by atoms with van der Waals surface area (Å²) in [4.78, 5) is 11.0. The van der Waals surface area contributed by atoms with E-state index in [1.54, 1.807) is 0 Å². The first-order valence-electron chi connectivity index (χ1n) is 32.9. The first-order valence-corrected chi connectivity index (χ1v) is 32.9. The third kappa shape index (κ3) is 9.85. The van der Waals surface area contributed by atoms with Gasteiger partial charge in [0.2, 0.25) is 0 Å². The predicted octanol–water partition coefficient (Wildman–Crippen LogP) is 21.4. The van der Waals surface area contributed by atoms with Crippen LogP contribution in [0.5, 0.6) is 0 Å². The van der Waals surface area contributed by atoms with Crippen LogP contribution in [0.3, 0.4) is 0 Å². The zero-order valence-electron chi connectivity index (χ0n) is 52.0. The number of hydrogen-bond donors (Lipinski definition) is 4. The molecule has 15 aromatic carbocycles. The van der Waals surface area contributed by atoms with E-state index in [0.29, 0.717) is 0 Å². The number of furan rings is 2. The molecule has 2 aliphatic rings. The van der Waals surface area contributed by atoms with Crippen molar-refractivity contribution in [3.8, 4) is 44.5 Å². The fraction of sp³-hybridized carbons (Fsp3) is 0.0455. The molecule has 0 radical (unpaired) electrons. The lowest BCUT2D eigenvalue weighted by atomic mass is 9.96. The Morgan fingerprint density at radius 3 is 1.34 bits per heavy atom. The molecule has 8 nitrogen and oxygen atoms in total. The van der Waals surface area contributed by atoms with Gasteiger partial charge in [0, 0.05) is 38.2 Å². The Morgan fingerprint density at radius 1 is 0.250 bits per heavy atom. The van der Waals surface area contributed by atoms with E-state index in [9.17, 15) is 0 Å². The van der Waals surface area contributed by atoms with Gasteiger partial charge in [0.15, 0.2) is 0 Å². The van der Waals surface area contributed by atoms with Gasteiger partial charge in [0.25, 0.3) is 0 Å². The van der Waals surface area contributed by atoms with Crippen LogP contribution in [0.1, 0.15) is 58.0 Å². The normalized spacial score (nSPS) is 16.5. The Morgan fingerprint density at radius 2 is 0.677 bits per heavy atom. The summed E-state index contributed by atoms with van der Waals surface area (Å²) >= 11 is 0. The van der Waals surface area contributed by atoms with Crippen LogP contribution in [0.4, 0.5) is 0 Å². The molecule has 0 fully saturated rings. The summed E-state index contributed by atoms with van der Waals surface area (Å²) in [5.74, 6) is 1.60. The van der Waals surface area contributed by atoms with Crippen LogP contribution in [0.25, 0.3) is 131 Å². The van der Waals surface area contributed by atoms with E-state index < -0.39 is 0 Å². The fourth-order valence-corrected chi connectivity index (χ4v) is 14.7. The maximum atomic E-state index is 6.82. The number of rotatable bonds is 10. The zero-order valence-corrected chi connectivity index (χ0v) is 52.0. The average Bonchev–Trinajstić information content (AvgIpc) is 1.52. The molecular weight excluding hydrogens is 1170 g/mol. The fourth-order valence-electron chi connectivity index (χ4n) is 14.7. The van der Waals surface area contributed by atoms with Gasteiger partial charge in [0.05, 0.1) is 0 Å². The van der Waals surface area contributed by atoms with Crippen molar-refractivity contribution >= 4 is 98.6 Å². The van der Waals surface area contributed by atoms with Crippen LogP contribution in [0.15, 0.2) is 334 Å². The third-order valence-corrected chi connectivity index (χ3v) is 19.6. The number of nitrogens with zero attached hydrogens (tertiary/aromatic N) is 2. The summed E-state index contributed by atoms with van der Waals surface area (Å²) in [6.45, 7) is 0. The number of amidine groups is 2. The van der Waals surface area contributed by atoms with E-state index in [1.807, 2.05) is 0 Å². The summed E-state index contributed by atoms with van der Waals surface area (Å²) in [7, 11) is 0. The van der Waals surface area contributed by atoms with E-state index >= 15 is 0 Å². The molecule has 8 heteroatoms. The van der Waals surface area contributed by atoms with E-state index in [4.69, 9.17) is 18.8 Å². The second-order valence-corrected chi connectivity index (χ2v) is 25.4. The third-order valence-electron chi connectivity index (χ3n) is 19.6. The molecule has 0 aliphatic carbocycles. The number of fused-ring (bicyclic) bond motifs is 10. The van der Waals surface area contributed by atoms with Crippen molar-refractivity contribution in [3.63, 3.8) is 0 Å². The molecule has 0 saturated heterocycles. The van der Waals surface area contributed by atoms with Crippen molar-refractivity contribution in [1.82, 2.24) is 21.3 Å². The molecular formula is C88H60N6O2. The number of aliphatic imine (C=N–C) groups is 2. The van der Waals surface area contributed by atoms with E-state index in [-0.39, 0.29) is 24.7 Å². The summed E-state index contributed by atoms with van der Waals surface area (Å²) < 4.78 is 13.5. The van der Waals surface area contributed by atoms with Crippen LogP contribution >= 0.6 is 0 Å².